The average molecular weight is 393 g/mol. The van der Waals surface area contributed by atoms with Crippen molar-refractivity contribution < 1.29 is 9.59 Å². The number of pyridine rings is 1. The fourth-order valence-electron chi connectivity index (χ4n) is 3.36. The summed E-state index contributed by atoms with van der Waals surface area (Å²) in [5.41, 5.74) is 4.38. The van der Waals surface area contributed by atoms with E-state index in [0.29, 0.717) is 10.7 Å². The van der Waals surface area contributed by atoms with Crippen LogP contribution in [0.5, 0.6) is 0 Å². The van der Waals surface area contributed by atoms with Crippen LogP contribution in [0.15, 0.2) is 60.6 Å². The number of carbonyl (C=O) groups is 2. The topological polar surface area (TPSA) is 67.2 Å². The molecule has 0 atom stereocenters. The van der Waals surface area contributed by atoms with Crippen molar-refractivity contribution in [2.75, 3.05) is 4.90 Å². The predicted octanol–water partition coefficient (Wildman–Crippen LogP) is 4.24. The van der Waals surface area contributed by atoms with Gasteiger partial charge in [0.15, 0.2) is 0 Å². The number of aromatic nitrogens is 2. The molecule has 0 unspecified atom stereocenters. The molecule has 3 amide bonds. The zero-order valence-corrected chi connectivity index (χ0v) is 16.1. The van der Waals surface area contributed by atoms with E-state index in [4.69, 9.17) is 11.6 Å². The number of benzene rings is 1. The molecule has 2 aromatic heterocycles. The summed E-state index contributed by atoms with van der Waals surface area (Å²) in [6.45, 7) is 3.94. The highest BCUT2D eigenvalue weighted by Gasteiger charge is 2.35. The van der Waals surface area contributed by atoms with Crippen LogP contribution in [0.4, 0.5) is 10.5 Å². The Balaban J connectivity index is 1.71. The van der Waals surface area contributed by atoms with Gasteiger partial charge in [-0.15, -0.1) is 0 Å². The third-order valence-electron chi connectivity index (χ3n) is 4.62. The number of hydrogen-bond donors (Lipinski definition) is 1. The van der Waals surface area contributed by atoms with Crippen LogP contribution in [-0.4, -0.2) is 21.5 Å². The Hall–Kier alpha value is -3.38. The van der Waals surface area contributed by atoms with Gasteiger partial charge in [0.05, 0.1) is 17.6 Å². The van der Waals surface area contributed by atoms with E-state index < -0.39 is 11.9 Å². The van der Waals surface area contributed by atoms with Gasteiger partial charge in [0.1, 0.15) is 5.70 Å². The van der Waals surface area contributed by atoms with Gasteiger partial charge in [0, 0.05) is 22.6 Å². The van der Waals surface area contributed by atoms with Crippen molar-refractivity contribution in [1.82, 2.24) is 14.9 Å². The number of aryl methyl sites for hydroxylation is 1. The number of hydrogen-bond acceptors (Lipinski definition) is 3. The van der Waals surface area contributed by atoms with E-state index in [1.807, 2.05) is 32.0 Å². The van der Waals surface area contributed by atoms with Crippen LogP contribution in [0.2, 0.25) is 5.02 Å². The number of rotatable bonds is 3. The Labute approximate surface area is 167 Å². The first-order chi connectivity index (χ1) is 13.5. The summed E-state index contributed by atoms with van der Waals surface area (Å²) in [6.07, 6.45) is 5.19. The van der Waals surface area contributed by atoms with E-state index in [1.165, 1.54) is 0 Å². The van der Waals surface area contributed by atoms with E-state index in [2.05, 4.69) is 14.9 Å². The Bertz CT molecular complexity index is 1120. The minimum atomic E-state index is -0.500. The molecular weight excluding hydrogens is 376 g/mol. The molecule has 0 bridgehead atoms. The van der Waals surface area contributed by atoms with Crippen molar-refractivity contribution in [1.29, 1.82) is 0 Å². The highest BCUT2D eigenvalue weighted by atomic mass is 35.5. The highest BCUT2D eigenvalue weighted by molar-refractivity contribution is 6.32. The molecule has 0 aliphatic carbocycles. The van der Waals surface area contributed by atoms with Gasteiger partial charge < -0.3 is 9.88 Å². The summed E-state index contributed by atoms with van der Waals surface area (Å²) in [5.74, 6) is -0.418. The van der Waals surface area contributed by atoms with Crippen LogP contribution in [0, 0.1) is 13.8 Å². The third-order valence-corrected chi connectivity index (χ3v) is 4.85. The molecule has 1 saturated heterocycles. The van der Waals surface area contributed by atoms with E-state index in [9.17, 15) is 9.59 Å². The Morgan fingerprint density at radius 3 is 2.57 bits per heavy atom. The maximum atomic E-state index is 12.8. The second kappa shape index (κ2) is 6.98. The van der Waals surface area contributed by atoms with Crippen LogP contribution >= 0.6 is 11.6 Å². The van der Waals surface area contributed by atoms with Crippen molar-refractivity contribution >= 4 is 35.3 Å². The molecule has 3 aromatic rings. The maximum Gasteiger partial charge on any atom is 0.333 e. The van der Waals surface area contributed by atoms with Gasteiger partial charge in [-0.25, -0.2) is 9.69 Å². The number of anilines is 1. The summed E-state index contributed by atoms with van der Waals surface area (Å²) in [7, 11) is 0. The lowest BCUT2D eigenvalue weighted by atomic mass is 10.2. The number of nitrogens with one attached hydrogen (secondary N) is 1. The normalized spacial score (nSPS) is 15.4. The van der Waals surface area contributed by atoms with Gasteiger partial charge in [-0.2, -0.15) is 0 Å². The van der Waals surface area contributed by atoms with Gasteiger partial charge in [0.2, 0.25) is 0 Å². The van der Waals surface area contributed by atoms with Crippen molar-refractivity contribution in [3.63, 3.8) is 0 Å². The summed E-state index contributed by atoms with van der Waals surface area (Å²) in [6, 6.07) is 11.9. The van der Waals surface area contributed by atoms with E-state index >= 15 is 0 Å². The van der Waals surface area contributed by atoms with Crippen LogP contribution in [0.1, 0.15) is 17.0 Å². The Morgan fingerprint density at radius 2 is 1.86 bits per heavy atom. The molecule has 3 heterocycles. The zero-order valence-electron chi connectivity index (χ0n) is 15.3. The molecule has 1 aliphatic heterocycles. The SMILES string of the molecule is Cc1cc(C=C2NC(=O)N(c3cccc(Cl)c3)C2=O)c(C)n1-c1cccnc1. The van der Waals surface area contributed by atoms with E-state index in [-0.39, 0.29) is 5.70 Å². The fourth-order valence-corrected chi connectivity index (χ4v) is 3.54. The molecule has 6 nitrogen and oxygen atoms in total. The van der Waals surface area contributed by atoms with E-state index in [1.54, 1.807) is 42.7 Å². The second-order valence-electron chi connectivity index (χ2n) is 6.48. The average Bonchev–Trinajstić information content (AvgIpc) is 3.11. The first-order valence-electron chi connectivity index (χ1n) is 8.68. The van der Waals surface area contributed by atoms with Crippen molar-refractivity contribution in [3.05, 3.63) is 82.5 Å². The first-order valence-corrected chi connectivity index (χ1v) is 9.05. The second-order valence-corrected chi connectivity index (χ2v) is 6.92. The number of urea groups is 1. The minimum Gasteiger partial charge on any atom is -0.316 e. The molecular formula is C21H17ClN4O2. The van der Waals surface area contributed by atoms with Gasteiger partial charge in [0.25, 0.3) is 5.91 Å². The monoisotopic (exact) mass is 392 g/mol. The number of halogens is 1. The fraction of sp³-hybridized carbons (Fsp3) is 0.0952. The molecule has 28 heavy (non-hydrogen) atoms. The highest BCUT2D eigenvalue weighted by Crippen LogP contribution is 2.27. The van der Waals surface area contributed by atoms with Gasteiger partial charge in [-0.1, -0.05) is 17.7 Å². The van der Waals surface area contributed by atoms with Gasteiger partial charge in [-0.3, -0.25) is 9.78 Å². The molecule has 140 valence electrons. The summed E-state index contributed by atoms with van der Waals surface area (Å²) >= 11 is 5.99. The minimum absolute atomic E-state index is 0.219. The number of nitrogens with zero attached hydrogens (tertiary/aromatic N) is 3. The lowest BCUT2D eigenvalue weighted by molar-refractivity contribution is -0.113. The molecule has 1 N–H and O–H groups in total. The standard InChI is InChI=1S/C21H17ClN4O2/c1-13-9-15(14(2)25(13)18-7-4-8-23-12-18)10-19-20(27)26(21(28)24-19)17-6-3-5-16(22)11-17/h3-12H,1-2H3,(H,24,28). The van der Waals surface area contributed by atoms with Crippen molar-refractivity contribution in [2.45, 2.75) is 13.8 Å². The number of carbonyl (C=O) groups excluding carboxylic acids is 2. The Morgan fingerprint density at radius 1 is 1.07 bits per heavy atom. The van der Waals surface area contributed by atoms with Crippen LogP contribution < -0.4 is 10.2 Å². The molecule has 1 aliphatic rings. The summed E-state index contributed by atoms with van der Waals surface area (Å²) in [5, 5.41) is 3.10. The van der Waals surface area contributed by atoms with Gasteiger partial charge >= 0.3 is 6.03 Å². The third kappa shape index (κ3) is 3.08. The molecule has 1 aromatic carbocycles. The summed E-state index contributed by atoms with van der Waals surface area (Å²) in [4.78, 5) is 30.4. The van der Waals surface area contributed by atoms with E-state index in [0.717, 1.165) is 27.5 Å². The summed E-state index contributed by atoms with van der Waals surface area (Å²) < 4.78 is 2.05. The first kappa shape index (κ1) is 18.0. The van der Waals surface area contributed by atoms with Crippen molar-refractivity contribution in [2.24, 2.45) is 0 Å². The Kier molecular flexibility index (Phi) is 4.49. The molecule has 0 spiro atoms. The smallest absolute Gasteiger partial charge is 0.316 e. The molecule has 0 radical (unpaired) electrons. The lowest BCUT2D eigenvalue weighted by Gasteiger charge is -2.11. The lowest BCUT2D eigenvalue weighted by Crippen LogP contribution is -2.30. The van der Waals surface area contributed by atoms with Gasteiger partial charge in [-0.05, 0) is 61.9 Å². The number of imide groups is 1. The van der Waals surface area contributed by atoms with Crippen LogP contribution in [0.25, 0.3) is 11.8 Å². The maximum absolute atomic E-state index is 12.8. The zero-order chi connectivity index (χ0) is 19.8. The predicted molar refractivity (Wildman–Crippen MR) is 108 cm³/mol. The van der Waals surface area contributed by atoms with Crippen molar-refractivity contribution in [3.8, 4) is 5.69 Å². The molecule has 4 rings (SSSR count). The largest absolute Gasteiger partial charge is 0.333 e. The molecule has 0 saturated carbocycles. The molecule has 7 heteroatoms. The number of amides is 3. The quantitative estimate of drug-likeness (QED) is 0.535. The molecule has 1 fully saturated rings. The van der Waals surface area contributed by atoms with Crippen LogP contribution in [-0.2, 0) is 4.79 Å². The van der Waals surface area contributed by atoms with Crippen LogP contribution in [0.3, 0.4) is 0 Å².